The van der Waals surface area contributed by atoms with Gasteiger partial charge in [0.05, 0.1) is 30.7 Å². The molecule has 1 aliphatic carbocycles. The summed E-state index contributed by atoms with van der Waals surface area (Å²) >= 11 is 0. The van der Waals surface area contributed by atoms with Gasteiger partial charge < -0.3 is 25.2 Å². The van der Waals surface area contributed by atoms with Gasteiger partial charge in [0.15, 0.2) is 17.2 Å². The lowest BCUT2D eigenvalue weighted by Gasteiger charge is -2.20. The Morgan fingerprint density at radius 1 is 1.31 bits per heavy atom. The van der Waals surface area contributed by atoms with Crippen molar-refractivity contribution < 1.29 is 28.5 Å². The maximum atomic E-state index is 14.0. The average molecular weight is 448 g/mol. The number of halogens is 2. The molecule has 4 rings (SSSR count). The van der Waals surface area contributed by atoms with Gasteiger partial charge in [-0.15, -0.1) is 0 Å². The number of aromatic amines is 1. The Balaban J connectivity index is 1.63. The molecule has 170 valence electrons. The van der Waals surface area contributed by atoms with Crippen LogP contribution < -0.4 is 10.1 Å². The van der Waals surface area contributed by atoms with Crippen LogP contribution in [0.1, 0.15) is 28.9 Å². The van der Waals surface area contributed by atoms with Gasteiger partial charge >= 0.3 is 0 Å². The molecule has 1 amide bonds. The highest BCUT2D eigenvalue weighted by Crippen LogP contribution is 2.29. The molecule has 10 nitrogen and oxygen atoms in total. The van der Waals surface area contributed by atoms with Gasteiger partial charge in [0.2, 0.25) is 0 Å². The fourth-order valence-electron chi connectivity index (χ4n) is 3.89. The van der Waals surface area contributed by atoms with E-state index in [0.717, 1.165) is 6.07 Å². The maximum Gasteiger partial charge on any atom is 0.272 e. The maximum absolute atomic E-state index is 14.0. The number of anilines is 1. The molecule has 1 aliphatic rings. The summed E-state index contributed by atoms with van der Waals surface area (Å²) in [5, 5.41) is 30.0. The summed E-state index contributed by atoms with van der Waals surface area (Å²) in [4.78, 5) is 22.6. The van der Waals surface area contributed by atoms with Gasteiger partial charge in [0.25, 0.3) is 5.91 Å². The van der Waals surface area contributed by atoms with Crippen molar-refractivity contribution in [2.45, 2.75) is 37.6 Å². The SMILES string of the molecule is COc1c(F)cc(F)cc1CN(C)C(=O)c1[nH]nc2ncnc(N[C@@H]3CC[C@@H](O)[C@H]3O)c12. The number of aliphatic hydroxyl groups is 2. The number of benzene rings is 1. The highest BCUT2D eigenvalue weighted by molar-refractivity contribution is 6.07. The Hall–Kier alpha value is -3.38. The van der Waals surface area contributed by atoms with E-state index in [1.54, 1.807) is 0 Å². The van der Waals surface area contributed by atoms with Crippen molar-refractivity contribution in [3.63, 3.8) is 0 Å². The number of carbonyl (C=O) groups excluding carboxylic acids is 1. The van der Waals surface area contributed by atoms with E-state index in [-0.39, 0.29) is 35.0 Å². The third-order valence-corrected chi connectivity index (χ3v) is 5.51. The van der Waals surface area contributed by atoms with E-state index < -0.39 is 35.8 Å². The second-order valence-corrected chi connectivity index (χ2v) is 7.65. The van der Waals surface area contributed by atoms with Crippen LogP contribution in [0.25, 0.3) is 11.0 Å². The molecule has 0 radical (unpaired) electrons. The minimum absolute atomic E-state index is 0.0643. The molecule has 1 fully saturated rings. The number of fused-ring (bicyclic) bond motifs is 1. The molecule has 0 aliphatic heterocycles. The van der Waals surface area contributed by atoms with Crippen LogP contribution in [-0.4, -0.2) is 73.6 Å². The molecule has 0 bridgehead atoms. The number of nitrogens with zero attached hydrogens (tertiary/aromatic N) is 4. The summed E-state index contributed by atoms with van der Waals surface area (Å²) in [6, 6.07) is 1.34. The Morgan fingerprint density at radius 3 is 2.78 bits per heavy atom. The predicted octanol–water partition coefficient (Wildman–Crippen LogP) is 1.21. The number of nitrogens with one attached hydrogen (secondary N) is 2. The van der Waals surface area contributed by atoms with Crippen LogP contribution in [-0.2, 0) is 6.54 Å². The second-order valence-electron chi connectivity index (χ2n) is 7.65. The number of H-pyrrole nitrogens is 1. The lowest BCUT2D eigenvalue weighted by atomic mass is 10.1. The first-order chi connectivity index (χ1) is 15.3. The molecule has 0 unspecified atom stereocenters. The molecular formula is C20H22F2N6O4. The second kappa shape index (κ2) is 8.63. The zero-order valence-electron chi connectivity index (χ0n) is 17.3. The number of amides is 1. The first-order valence-electron chi connectivity index (χ1n) is 9.89. The van der Waals surface area contributed by atoms with Gasteiger partial charge in [-0.2, -0.15) is 5.10 Å². The molecule has 1 aromatic carbocycles. The van der Waals surface area contributed by atoms with E-state index in [4.69, 9.17) is 4.74 Å². The summed E-state index contributed by atoms with van der Waals surface area (Å²) in [6.07, 6.45) is 0.382. The highest BCUT2D eigenvalue weighted by atomic mass is 19.1. The van der Waals surface area contributed by atoms with Crippen LogP contribution in [0.2, 0.25) is 0 Å². The zero-order chi connectivity index (χ0) is 23.0. The summed E-state index contributed by atoms with van der Waals surface area (Å²) in [6.45, 7) is -0.138. The number of hydrogen-bond acceptors (Lipinski definition) is 8. The molecule has 2 heterocycles. The summed E-state index contributed by atoms with van der Waals surface area (Å²) in [7, 11) is 2.72. The lowest BCUT2D eigenvalue weighted by molar-refractivity contribution is 0.0392. The quantitative estimate of drug-likeness (QED) is 0.442. The molecular weight excluding hydrogens is 426 g/mol. The van der Waals surface area contributed by atoms with E-state index in [9.17, 15) is 23.8 Å². The third-order valence-electron chi connectivity index (χ3n) is 5.51. The van der Waals surface area contributed by atoms with Crippen LogP contribution in [0, 0.1) is 11.6 Å². The number of aromatic nitrogens is 4. The van der Waals surface area contributed by atoms with E-state index >= 15 is 0 Å². The van der Waals surface area contributed by atoms with Gasteiger partial charge in [-0.3, -0.25) is 9.89 Å². The van der Waals surface area contributed by atoms with E-state index in [1.165, 1.54) is 25.4 Å². The molecule has 32 heavy (non-hydrogen) atoms. The summed E-state index contributed by atoms with van der Waals surface area (Å²) in [5.74, 6) is -2.06. The van der Waals surface area contributed by atoms with Crippen molar-refractivity contribution in [1.82, 2.24) is 25.1 Å². The Labute approximate surface area is 181 Å². The van der Waals surface area contributed by atoms with Gasteiger partial charge in [-0.05, 0) is 18.9 Å². The van der Waals surface area contributed by atoms with E-state index in [1.807, 2.05) is 0 Å². The van der Waals surface area contributed by atoms with Crippen molar-refractivity contribution >= 4 is 22.8 Å². The molecule has 3 atom stereocenters. The van der Waals surface area contributed by atoms with E-state index in [0.29, 0.717) is 24.3 Å². The normalized spacial score (nSPS) is 20.5. The van der Waals surface area contributed by atoms with Crippen molar-refractivity contribution in [2.24, 2.45) is 0 Å². The molecule has 0 spiro atoms. The average Bonchev–Trinajstić information content (AvgIpc) is 3.32. The molecule has 0 saturated heterocycles. The van der Waals surface area contributed by atoms with Crippen LogP contribution in [0.15, 0.2) is 18.5 Å². The number of carbonyl (C=O) groups is 1. The first-order valence-corrected chi connectivity index (χ1v) is 9.89. The number of aliphatic hydroxyl groups excluding tert-OH is 2. The minimum atomic E-state index is -0.982. The fourth-order valence-corrected chi connectivity index (χ4v) is 3.89. The standard InChI is InChI=1S/C20H22F2N6O4/c1-28(7-9-5-10(21)6-11(22)17(9)32-2)20(31)15-14-18(23-8-24-19(14)27-26-15)25-12-3-4-13(29)16(12)30/h5-6,8,12-13,16,29-30H,3-4,7H2,1-2H3,(H2,23,24,25,26,27)/t12-,13-,16+/m1/s1. The number of hydrogen-bond donors (Lipinski definition) is 4. The van der Waals surface area contributed by atoms with Crippen LogP contribution in [0.3, 0.4) is 0 Å². The lowest BCUT2D eigenvalue weighted by Crippen LogP contribution is -2.34. The molecule has 3 aromatic rings. The smallest absolute Gasteiger partial charge is 0.272 e. The predicted molar refractivity (Wildman–Crippen MR) is 109 cm³/mol. The number of methoxy groups -OCH3 is 1. The van der Waals surface area contributed by atoms with E-state index in [2.05, 4.69) is 25.5 Å². The monoisotopic (exact) mass is 448 g/mol. The third kappa shape index (κ3) is 3.94. The summed E-state index contributed by atoms with van der Waals surface area (Å²) < 4.78 is 32.7. The van der Waals surface area contributed by atoms with Crippen LogP contribution >= 0.6 is 0 Å². The highest BCUT2D eigenvalue weighted by Gasteiger charge is 2.34. The van der Waals surface area contributed by atoms with Crippen LogP contribution in [0.4, 0.5) is 14.6 Å². The molecule has 1 saturated carbocycles. The van der Waals surface area contributed by atoms with Crippen molar-refractivity contribution in [2.75, 3.05) is 19.5 Å². The van der Waals surface area contributed by atoms with Gasteiger partial charge in [0.1, 0.15) is 23.7 Å². The molecule has 2 aromatic heterocycles. The Bertz CT molecular complexity index is 1160. The Morgan fingerprint density at radius 2 is 2.09 bits per heavy atom. The topological polar surface area (TPSA) is 136 Å². The minimum Gasteiger partial charge on any atom is -0.493 e. The fraction of sp³-hybridized carbons (Fsp3) is 0.400. The van der Waals surface area contributed by atoms with Crippen LogP contribution in [0.5, 0.6) is 5.75 Å². The van der Waals surface area contributed by atoms with Crippen molar-refractivity contribution in [3.8, 4) is 5.75 Å². The van der Waals surface area contributed by atoms with Gasteiger partial charge in [0, 0.05) is 25.2 Å². The molecule has 4 N–H and O–H groups in total. The van der Waals surface area contributed by atoms with Crippen molar-refractivity contribution in [3.05, 3.63) is 41.4 Å². The Kier molecular flexibility index (Phi) is 5.89. The van der Waals surface area contributed by atoms with Crippen molar-refractivity contribution in [1.29, 1.82) is 0 Å². The largest absolute Gasteiger partial charge is 0.493 e. The zero-order valence-corrected chi connectivity index (χ0v) is 17.3. The first kappa shape index (κ1) is 21.8. The summed E-state index contributed by atoms with van der Waals surface area (Å²) in [5.41, 5.74) is 0.443. The van der Waals surface area contributed by atoms with Gasteiger partial charge in [-0.1, -0.05) is 0 Å². The molecule has 12 heteroatoms. The number of rotatable bonds is 6. The number of ether oxygens (including phenoxy) is 1. The van der Waals surface area contributed by atoms with Gasteiger partial charge in [-0.25, -0.2) is 18.7 Å².